The molecule has 1 aromatic heterocycles. The lowest BCUT2D eigenvalue weighted by atomic mass is 10.1. The highest BCUT2D eigenvalue weighted by Gasteiger charge is 2.26. The van der Waals surface area contributed by atoms with E-state index in [1.54, 1.807) is 29.2 Å². The largest absolute Gasteiger partial charge is 0.322 e. The summed E-state index contributed by atoms with van der Waals surface area (Å²) < 4.78 is 13.8. The Labute approximate surface area is 153 Å². The highest BCUT2D eigenvalue weighted by Crippen LogP contribution is 2.32. The van der Waals surface area contributed by atoms with E-state index in [4.69, 9.17) is 0 Å². The van der Waals surface area contributed by atoms with Gasteiger partial charge in [0.05, 0.1) is 10.4 Å². The standard InChI is InChI=1S/C20H15FN2O2S/c21-16-5-2-1-4-15(16)19(24)22-14-8-7-13-9-10-23(17(13)12-14)20(25)18-6-3-11-26-18/h1-8,11-12H,9-10H2,(H,22,24). The van der Waals surface area contributed by atoms with Crippen molar-refractivity contribution in [3.05, 3.63) is 81.8 Å². The van der Waals surface area contributed by atoms with Crippen molar-refractivity contribution in [2.45, 2.75) is 6.42 Å². The second-order valence-electron chi connectivity index (χ2n) is 5.96. The normalized spacial score (nSPS) is 12.7. The van der Waals surface area contributed by atoms with Crippen LogP contribution in [0.2, 0.25) is 0 Å². The number of nitrogens with one attached hydrogen (secondary N) is 1. The van der Waals surface area contributed by atoms with Crippen LogP contribution >= 0.6 is 11.3 Å². The molecule has 1 N–H and O–H groups in total. The van der Waals surface area contributed by atoms with Crippen molar-refractivity contribution in [1.82, 2.24) is 0 Å². The number of thiophene rings is 1. The van der Waals surface area contributed by atoms with Gasteiger partial charge < -0.3 is 10.2 Å². The fourth-order valence-electron chi connectivity index (χ4n) is 3.04. The predicted octanol–water partition coefficient (Wildman–Crippen LogP) is 4.34. The van der Waals surface area contributed by atoms with E-state index in [0.717, 1.165) is 17.7 Å². The van der Waals surface area contributed by atoms with Crippen molar-refractivity contribution in [2.24, 2.45) is 0 Å². The molecule has 1 aliphatic rings. The molecule has 0 fully saturated rings. The number of anilines is 2. The quantitative estimate of drug-likeness (QED) is 0.749. The second kappa shape index (κ2) is 6.72. The molecule has 2 heterocycles. The SMILES string of the molecule is O=C(Nc1ccc2c(c1)N(C(=O)c1cccs1)CC2)c1ccccc1F. The maximum absolute atomic E-state index is 13.8. The molecule has 0 radical (unpaired) electrons. The minimum atomic E-state index is -0.569. The first kappa shape index (κ1) is 16.5. The first-order valence-electron chi connectivity index (χ1n) is 8.17. The van der Waals surface area contributed by atoms with Gasteiger partial charge in [-0.2, -0.15) is 0 Å². The van der Waals surface area contributed by atoms with Gasteiger partial charge in [0, 0.05) is 17.9 Å². The first-order valence-corrected chi connectivity index (χ1v) is 9.05. The van der Waals surface area contributed by atoms with E-state index in [1.807, 2.05) is 17.5 Å². The number of benzene rings is 2. The number of rotatable bonds is 3. The lowest BCUT2D eigenvalue weighted by Gasteiger charge is -2.17. The lowest BCUT2D eigenvalue weighted by Crippen LogP contribution is -2.28. The fraction of sp³-hybridized carbons (Fsp3) is 0.100. The molecule has 2 amide bonds. The number of hydrogen-bond donors (Lipinski definition) is 1. The van der Waals surface area contributed by atoms with E-state index in [2.05, 4.69) is 5.32 Å². The van der Waals surface area contributed by atoms with Crippen LogP contribution in [0.15, 0.2) is 60.0 Å². The van der Waals surface area contributed by atoms with Gasteiger partial charge in [0.15, 0.2) is 0 Å². The highest BCUT2D eigenvalue weighted by molar-refractivity contribution is 7.12. The molecule has 0 saturated carbocycles. The maximum atomic E-state index is 13.8. The molecule has 26 heavy (non-hydrogen) atoms. The summed E-state index contributed by atoms with van der Waals surface area (Å²) in [7, 11) is 0. The summed E-state index contributed by atoms with van der Waals surface area (Å²) in [6, 6.07) is 14.9. The Morgan fingerprint density at radius 2 is 1.92 bits per heavy atom. The van der Waals surface area contributed by atoms with Gasteiger partial charge in [-0.25, -0.2) is 4.39 Å². The average Bonchev–Trinajstić information content (AvgIpc) is 3.31. The van der Waals surface area contributed by atoms with Crippen LogP contribution in [0.4, 0.5) is 15.8 Å². The van der Waals surface area contributed by atoms with Crippen LogP contribution < -0.4 is 10.2 Å². The lowest BCUT2D eigenvalue weighted by molar-refractivity contribution is 0.0991. The van der Waals surface area contributed by atoms with E-state index in [1.165, 1.54) is 29.5 Å². The molecular formula is C20H15FN2O2S. The number of hydrogen-bond acceptors (Lipinski definition) is 3. The van der Waals surface area contributed by atoms with E-state index < -0.39 is 11.7 Å². The van der Waals surface area contributed by atoms with E-state index in [9.17, 15) is 14.0 Å². The smallest absolute Gasteiger partial charge is 0.268 e. The molecular weight excluding hydrogens is 351 g/mol. The Morgan fingerprint density at radius 3 is 2.69 bits per heavy atom. The van der Waals surface area contributed by atoms with Crippen LogP contribution in [0.5, 0.6) is 0 Å². The number of carbonyl (C=O) groups excluding carboxylic acids is 2. The van der Waals surface area contributed by atoms with E-state index in [-0.39, 0.29) is 11.5 Å². The minimum absolute atomic E-state index is 0.0143. The van der Waals surface area contributed by atoms with Crippen LogP contribution in [0.25, 0.3) is 0 Å². The molecule has 4 rings (SSSR count). The van der Waals surface area contributed by atoms with Gasteiger partial charge in [-0.05, 0) is 47.7 Å². The topological polar surface area (TPSA) is 49.4 Å². The van der Waals surface area contributed by atoms with Gasteiger partial charge in [0.25, 0.3) is 11.8 Å². The van der Waals surface area contributed by atoms with Crippen molar-refractivity contribution in [3.8, 4) is 0 Å². The minimum Gasteiger partial charge on any atom is -0.322 e. The van der Waals surface area contributed by atoms with Gasteiger partial charge in [-0.15, -0.1) is 11.3 Å². The fourth-order valence-corrected chi connectivity index (χ4v) is 3.72. The van der Waals surface area contributed by atoms with Crippen LogP contribution in [-0.2, 0) is 6.42 Å². The molecule has 0 atom stereocenters. The van der Waals surface area contributed by atoms with E-state index in [0.29, 0.717) is 17.1 Å². The molecule has 0 spiro atoms. The first-order chi connectivity index (χ1) is 12.6. The van der Waals surface area contributed by atoms with Crippen molar-refractivity contribution in [2.75, 3.05) is 16.8 Å². The Balaban J connectivity index is 1.59. The summed E-state index contributed by atoms with van der Waals surface area (Å²) in [5, 5.41) is 4.58. The summed E-state index contributed by atoms with van der Waals surface area (Å²) in [6.45, 7) is 0.608. The van der Waals surface area contributed by atoms with Crippen molar-refractivity contribution in [3.63, 3.8) is 0 Å². The molecule has 0 unspecified atom stereocenters. The molecule has 2 aromatic carbocycles. The number of fused-ring (bicyclic) bond motifs is 1. The van der Waals surface area contributed by atoms with Crippen LogP contribution in [0.3, 0.4) is 0 Å². The number of nitrogens with zero attached hydrogens (tertiary/aromatic N) is 1. The third kappa shape index (κ3) is 2.99. The van der Waals surface area contributed by atoms with Gasteiger partial charge in [-0.3, -0.25) is 9.59 Å². The predicted molar refractivity (Wildman–Crippen MR) is 100 cm³/mol. The Hall–Kier alpha value is -2.99. The second-order valence-corrected chi connectivity index (χ2v) is 6.91. The zero-order valence-corrected chi connectivity index (χ0v) is 14.6. The van der Waals surface area contributed by atoms with Gasteiger partial charge in [-0.1, -0.05) is 24.3 Å². The summed E-state index contributed by atoms with van der Waals surface area (Å²) in [5.41, 5.74) is 2.36. The molecule has 0 aliphatic carbocycles. The molecule has 1 aliphatic heterocycles. The summed E-state index contributed by atoms with van der Waals surface area (Å²) >= 11 is 1.40. The Bertz CT molecular complexity index is 985. The Kier molecular flexibility index (Phi) is 4.26. The summed E-state index contributed by atoms with van der Waals surface area (Å²) in [5.74, 6) is -1.13. The summed E-state index contributed by atoms with van der Waals surface area (Å²) in [6.07, 6.45) is 0.772. The third-order valence-electron chi connectivity index (χ3n) is 4.33. The monoisotopic (exact) mass is 366 g/mol. The van der Waals surface area contributed by atoms with Crippen molar-refractivity contribution in [1.29, 1.82) is 0 Å². The van der Waals surface area contributed by atoms with Gasteiger partial charge >= 0.3 is 0 Å². The van der Waals surface area contributed by atoms with Crippen molar-refractivity contribution < 1.29 is 14.0 Å². The average molecular weight is 366 g/mol. The molecule has 0 saturated heterocycles. The van der Waals surface area contributed by atoms with Gasteiger partial charge in [0.2, 0.25) is 0 Å². The number of amides is 2. The van der Waals surface area contributed by atoms with Crippen molar-refractivity contribution >= 4 is 34.5 Å². The molecule has 3 aromatic rings. The summed E-state index contributed by atoms with van der Waals surface area (Å²) in [4.78, 5) is 27.4. The molecule has 4 nitrogen and oxygen atoms in total. The van der Waals surface area contributed by atoms with E-state index >= 15 is 0 Å². The zero-order valence-electron chi connectivity index (χ0n) is 13.7. The Morgan fingerprint density at radius 1 is 1.08 bits per heavy atom. The maximum Gasteiger partial charge on any atom is 0.268 e. The number of carbonyl (C=O) groups is 2. The number of halogens is 1. The molecule has 0 bridgehead atoms. The highest BCUT2D eigenvalue weighted by atomic mass is 32.1. The van der Waals surface area contributed by atoms with Crippen LogP contribution in [0.1, 0.15) is 25.6 Å². The third-order valence-corrected chi connectivity index (χ3v) is 5.19. The molecule has 130 valence electrons. The zero-order chi connectivity index (χ0) is 18.1. The molecule has 6 heteroatoms. The van der Waals surface area contributed by atoms with Crippen LogP contribution in [-0.4, -0.2) is 18.4 Å². The van der Waals surface area contributed by atoms with Crippen LogP contribution in [0, 0.1) is 5.82 Å². The van der Waals surface area contributed by atoms with Gasteiger partial charge in [0.1, 0.15) is 5.82 Å².